The summed E-state index contributed by atoms with van der Waals surface area (Å²) in [6.07, 6.45) is 0.567. The second-order valence-corrected chi connectivity index (χ2v) is 9.59. The number of aromatic amines is 1. The Morgan fingerprint density at radius 2 is 1.61 bits per heavy atom. The number of para-hydroxylation sites is 1. The van der Waals surface area contributed by atoms with Crippen LogP contribution < -0.4 is 0 Å². The Hall–Kier alpha value is -2.15. The molecule has 2 heterocycles. The minimum atomic E-state index is -3.21. The minimum absolute atomic E-state index is 0.179. The van der Waals surface area contributed by atoms with Crippen LogP contribution in [0.3, 0.4) is 0 Å². The van der Waals surface area contributed by atoms with Crippen molar-refractivity contribution in [2.24, 2.45) is 0 Å². The second-order valence-electron chi connectivity index (χ2n) is 7.50. The minimum Gasteiger partial charge on any atom is -0.358 e. The van der Waals surface area contributed by atoms with E-state index in [2.05, 4.69) is 35.0 Å². The molecule has 0 atom stereocenters. The molecule has 0 saturated carbocycles. The third kappa shape index (κ3) is 4.14. The Bertz CT molecular complexity index is 1040. The number of fused-ring (bicyclic) bond motifs is 1. The highest BCUT2D eigenvalue weighted by molar-refractivity contribution is 7.89. The highest BCUT2D eigenvalue weighted by Crippen LogP contribution is 2.24. The molecule has 6 heteroatoms. The van der Waals surface area contributed by atoms with Crippen LogP contribution in [0.15, 0.2) is 54.6 Å². The first-order valence-corrected chi connectivity index (χ1v) is 11.4. The molecule has 0 spiro atoms. The van der Waals surface area contributed by atoms with E-state index in [4.69, 9.17) is 0 Å². The number of hydrogen-bond acceptors (Lipinski definition) is 3. The first-order valence-electron chi connectivity index (χ1n) is 9.83. The molecule has 28 heavy (non-hydrogen) atoms. The van der Waals surface area contributed by atoms with Crippen molar-refractivity contribution in [1.29, 1.82) is 0 Å². The van der Waals surface area contributed by atoms with E-state index in [0.717, 1.165) is 30.7 Å². The number of benzene rings is 2. The number of H-pyrrole nitrogens is 1. The molecule has 1 saturated heterocycles. The topological polar surface area (TPSA) is 56.4 Å². The molecular weight excluding hydrogens is 370 g/mol. The molecule has 0 unspecified atom stereocenters. The first-order chi connectivity index (χ1) is 13.5. The summed E-state index contributed by atoms with van der Waals surface area (Å²) < 4.78 is 27.1. The molecule has 0 radical (unpaired) electrons. The lowest BCUT2D eigenvalue weighted by molar-refractivity contribution is 0.182. The van der Waals surface area contributed by atoms with Crippen molar-refractivity contribution in [2.75, 3.05) is 31.9 Å². The van der Waals surface area contributed by atoms with Gasteiger partial charge in [-0.2, -0.15) is 4.31 Å². The van der Waals surface area contributed by atoms with Gasteiger partial charge in [-0.05, 0) is 30.5 Å². The molecule has 1 aliphatic rings. The zero-order chi connectivity index (χ0) is 19.6. The van der Waals surface area contributed by atoms with Gasteiger partial charge in [0.2, 0.25) is 10.0 Å². The first kappa shape index (κ1) is 19.2. The summed E-state index contributed by atoms with van der Waals surface area (Å²) >= 11 is 0. The predicted octanol–water partition coefficient (Wildman–Crippen LogP) is 3.17. The fraction of sp³-hybridized carbons (Fsp3) is 0.364. The Balaban J connectivity index is 1.35. The number of rotatable bonds is 6. The molecule has 4 rings (SSSR count). The lowest BCUT2D eigenvalue weighted by atomic mass is 10.1. The summed E-state index contributed by atoms with van der Waals surface area (Å²) in [7, 11) is -3.21. The van der Waals surface area contributed by atoms with Crippen LogP contribution in [-0.4, -0.2) is 54.5 Å². The van der Waals surface area contributed by atoms with Crippen LogP contribution in [0.2, 0.25) is 0 Å². The zero-order valence-electron chi connectivity index (χ0n) is 16.3. The van der Waals surface area contributed by atoms with Crippen LogP contribution in [0.5, 0.6) is 0 Å². The summed E-state index contributed by atoms with van der Waals surface area (Å²) in [4.78, 5) is 5.80. The molecule has 0 bridgehead atoms. The number of nitrogens with one attached hydrogen (secondary N) is 1. The van der Waals surface area contributed by atoms with Crippen LogP contribution in [0.25, 0.3) is 10.9 Å². The Kier molecular flexibility index (Phi) is 5.53. The second kappa shape index (κ2) is 8.07. The van der Waals surface area contributed by atoms with Gasteiger partial charge in [0.1, 0.15) is 0 Å². The lowest BCUT2D eigenvalue weighted by Crippen LogP contribution is -2.49. The third-order valence-corrected chi connectivity index (χ3v) is 7.50. The highest BCUT2D eigenvalue weighted by atomic mass is 32.2. The standard InChI is InChI=1S/C22H27N3O2S/c1-18-21(20-9-5-6-10-22(20)23-18)17-24-12-14-25(15-13-24)28(26,27)16-11-19-7-3-2-4-8-19/h2-10,23H,11-17H2,1H3. The Morgan fingerprint density at radius 1 is 0.929 bits per heavy atom. The molecule has 2 aromatic carbocycles. The lowest BCUT2D eigenvalue weighted by Gasteiger charge is -2.34. The van der Waals surface area contributed by atoms with Gasteiger partial charge in [0.25, 0.3) is 0 Å². The summed E-state index contributed by atoms with van der Waals surface area (Å²) in [6, 6.07) is 18.2. The average Bonchev–Trinajstić information content (AvgIpc) is 3.03. The number of aryl methyl sites for hydroxylation is 2. The monoisotopic (exact) mass is 397 g/mol. The molecule has 148 valence electrons. The van der Waals surface area contributed by atoms with Crippen LogP contribution in [-0.2, 0) is 23.0 Å². The number of hydrogen-bond donors (Lipinski definition) is 1. The number of nitrogens with zero attached hydrogens (tertiary/aromatic N) is 2. The number of aromatic nitrogens is 1. The maximum atomic E-state index is 12.7. The van der Waals surface area contributed by atoms with Crippen molar-refractivity contribution in [1.82, 2.24) is 14.2 Å². The SMILES string of the molecule is Cc1[nH]c2ccccc2c1CN1CCN(S(=O)(=O)CCc2ccccc2)CC1. The van der Waals surface area contributed by atoms with Gasteiger partial charge >= 0.3 is 0 Å². The Labute approximate surface area is 167 Å². The average molecular weight is 398 g/mol. The van der Waals surface area contributed by atoms with Crippen LogP contribution in [0.1, 0.15) is 16.8 Å². The van der Waals surface area contributed by atoms with E-state index in [1.165, 1.54) is 16.6 Å². The maximum absolute atomic E-state index is 12.7. The highest BCUT2D eigenvalue weighted by Gasteiger charge is 2.27. The van der Waals surface area contributed by atoms with E-state index in [0.29, 0.717) is 19.5 Å². The van der Waals surface area contributed by atoms with E-state index in [1.807, 2.05) is 36.4 Å². The van der Waals surface area contributed by atoms with E-state index in [9.17, 15) is 8.42 Å². The van der Waals surface area contributed by atoms with Gasteiger partial charge in [-0.25, -0.2) is 8.42 Å². The van der Waals surface area contributed by atoms with Crippen molar-refractivity contribution < 1.29 is 8.42 Å². The number of piperazine rings is 1. The van der Waals surface area contributed by atoms with Gasteiger partial charge in [-0.15, -0.1) is 0 Å². The van der Waals surface area contributed by atoms with Crippen LogP contribution in [0.4, 0.5) is 0 Å². The summed E-state index contributed by atoms with van der Waals surface area (Å²) in [5, 5.41) is 1.26. The summed E-state index contributed by atoms with van der Waals surface area (Å²) in [5.74, 6) is 0.179. The maximum Gasteiger partial charge on any atom is 0.214 e. The molecular formula is C22H27N3O2S. The third-order valence-electron chi connectivity index (χ3n) is 5.62. The molecule has 1 aromatic heterocycles. The van der Waals surface area contributed by atoms with Crippen molar-refractivity contribution in [2.45, 2.75) is 19.9 Å². The summed E-state index contributed by atoms with van der Waals surface area (Å²) in [5.41, 5.74) is 4.74. The van der Waals surface area contributed by atoms with Gasteiger partial charge in [0.15, 0.2) is 0 Å². The van der Waals surface area contributed by atoms with Gasteiger partial charge in [-0.1, -0.05) is 48.5 Å². The molecule has 1 aliphatic heterocycles. The largest absolute Gasteiger partial charge is 0.358 e. The van der Waals surface area contributed by atoms with E-state index in [1.54, 1.807) is 4.31 Å². The smallest absolute Gasteiger partial charge is 0.214 e. The molecule has 5 nitrogen and oxygen atoms in total. The van der Waals surface area contributed by atoms with Gasteiger partial charge in [-0.3, -0.25) is 4.90 Å². The van der Waals surface area contributed by atoms with Crippen molar-refractivity contribution in [3.63, 3.8) is 0 Å². The van der Waals surface area contributed by atoms with Crippen LogP contribution >= 0.6 is 0 Å². The van der Waals surface area contributed by atoms with E-state index >= 15 is 0 Å². The molecule has 0 amide bonds. The molecule has 1 fully saturated rings. The van der Waals surface area contributed by atoms with Crippen LogP contribution in [0, 0.1) is 6.92 Å². The predicted molar refractivity (Wildman–Crippen MR) is 114 cm³/mol. The molecule has 0 aliphatic carbocycles. The van der Waals surface area contributed by atoms with E-state index in [-0.39, 0.29) is 5.75 Å². The van der Waals surface area contributed by atoms with Gasteiger partial charge in [0, 0.05) is 49.3 Å². The van der Waals surface area contributed by atoms with Crippen molar-refractivity contribution in [3.05, 3.63) is 71.4 Å². The number of sulfonamides is 1. The Morgan fingerprint density at radius 3 is 2.36 bits per heavy atom. The fourth-order valence-electron chi connectivity index (χ4n) is 3.95. The van der Waals surface area contributed by atoms with Gasteiger partial charge in [0.05, 0.1) is 5.75 Å². The fourth-order valence-corrected chi connectivity index (χ4v) is 5.42. The van der Waals surface area contributed by atoms with Crippen molar-refractivity contribution >= 4 is 20.9 Å². The van der Waals surface area contributed by atoms with Gasteiger partial charge < -0.3 is 4.98 Å². The normalized spacial score (nSPS) is 16.6. The molecule has 3 aromatic rings. The van der Waals surface area contributed by atoms with Crippen molar-refractivity contribution in [3.8, 4) is 0 Å². The molecule has 1 N–H and O–H groups in total. The summed E-state index contributed by atoms with van der Waals surface area (Å²) in [6.45, 7) is 5.64. The van der Waals surface area contributed by atoms with E-state index < -0.39 is 10.0 Å². The zero-order valence-corrected chi connectivity index (χ0v) is 17.1. The quantitative estimate of drug-likeness (QED) is 0.695.